The number of rotatable bonds is 3. The van der Waals surface area contributed by atoms with Crippen LogP contribution < -0.4 is 5.32 Å². The van der Waals surface area contributed by atoms with E-state index < -0.39 is 5.60 Å². The Kier molecular flexibility index (Phi) is 5.24. The third kappa shape index (κ3) is 4.19. The Morgan fingerprint density at radius 1 is 1.21 bits per heavy atom. The zero-order chi connectivity index (χ0) is 13.7. The summed E-state index contributed by atoms with van der Waals surface area (Å²) in [5.41, 5.74) is -0.538. The Balaban J connectivity index is 1.87. The van der Waals surface area contributed by atoms with Crippen LogP contribution in [0.25, 0.3) is 0 Å². The Hall–Kier alpha value is -0.590. The lowest BCUT2D eigenvalue weighted by atomic mass is 9.78. The van der Waals surface area contributed by atoms with Crippen molar-refractivity contribution in [2.45, 2.75) is 76.4 Å². The monoisotopic (exact) mass is 264 g/mol. The molecule has 2 N–H and O–H groups in total. The first-order valence-corrected chi connectivity index (χ1v) is 7.98. The fraction of sp³-hybridized carbons (Fsp3) is 0.938. The molecule has 2 rings (SSSR count). The summed E-state index contributed by atoms with van der Waals surface area (Å²) in [6.45, 7) is 2.90. The molecule has 0 amide bonds. The van der Waals surface area contributed by atoms with Gasteiger partial charge in [-0.25, -0.2) is 0 Å². The SMILES string of the molecule is CC1CCCC(O)(CNC2CCCCCC2C#N)C1. The highest BCUT2D eigenvalue weighted by molar-refractivity contribution is 4.96. The molecule has 0 aromatic rings. The van der Waals surface area contributed by atoms with Crippen LogP contribution >= 0.6 is 0 Å². The molecule has 2 saturated carbocycles. The quantitative estimate of drug-likeness (QED) is 0.770. The van der Waals surface area contributed by atoms with Gasteiger partial charge in [-0.05, 0) is 31.6 Å². The summed E-state index contributed by atoms with van der Waals surface area (Å²) in [7, 11) is 0. The second kappa shape index (κ2) is 6.72. The Morgan fingerprint density at radius 3 is 2.74 bits per heavy atom. The van der Waals surface area contributed by atoms with Gasteiger partial charge < -0.3 is 10.4 Å². The normalized spacial score (nSPS) is 40.4. The lowest BCUT2D eigenvalue weighted by Gasteiger charge is -2.37. The van der Waals surface area contributed by atoms with Crippen molar-refractivity contribution in [3.05, 3.63) is 0 Å². The van der Waals surface area contributed by atoms with Crippen molar-refractivity contribution >= 4 is 0 Å². The molecule has 2 aliphatic carbocycles. The third-order valence-corrected chi connectivity index (χ3v) is 4.94. The van der Waals surface area contributed by atoms with Crippen LogP contribution in [0.4, 0.5) is 0 Å². The van der Waals surface area contributed by atoms with Crippen LogP contribution in [0.3, 0.4) is 0 Å². The summed E-state index contributed by atoms with van der Waals surface area (Å²) >= 11 is 0. The molecular formula is C16H28N2O. The fourth-order valence-electron chi connectivity index (χ4n) is 3.82. The lowest BCUT2D eigenvalue weighted by molar-refractivity contribution is -0.0147. The van der Waals surface area contributed by atoms with E-state index in [9.17, 15) is 10.4 Å². The molecule has 0 aromatic carbocycles. The summed E-state index contributed by atoms with van der Waals surface area (Å²) < 4.78 is 0. The standard InChI is InChI=1S/C16H28N2O/c1-13-6-5-9-16(19,10-13)12-18-15-8-4-2-3-7-14(15)11-17/h13-15,18-19H,2-10,12H2,1H3. The van der Waals surface area contributed by atoms with Crippen molar-refractivity contribution in [1.29, 1.82) is 5.26 Å². The topological polar surface area (TPSA) is 56.0 Å². The molecule has 2 aliphatic rings. The van der Waals surface area contributed by atoms with Gasteiger partial charge in [0, 0.05) is 12.6 Å². The van der Waals surface area contributed by atoms with E-state index in [1.807, 2.05) is 0 Å². The van der Waals surface area contributed by atoms with Gasteiger partial charge in [-0.3, -0.25) is 0 Å². The summed E-state index contributed by atoms with van der Waals surface area (Å²) in [5.74, 6) is 0.758. The van der Waals surface area contributed by atoms with E-state index in [1.54, 1.807) is 0 Å². The van der Waals surface area contributed by atoms with Gasteiger partial charge >= 0.3 is 0 Å². The molecular weight excluding hydrogens is 236 g/mol. The predicted octanol–water partition coefficient (Wildman–Crippen LogP) is 2.99. The van der Waals surface area contributed by atoms with Gasteiger partial charge in [0.15, 0.2) is 0 Å². The predicted molar refractivity (Wildman–Crippen MR) is 76.6 cm³/mol. The number of hydrogen-bond acceptors (Lipinski definition) is 3. The van der Waals surface area contributed by atoms with Crippen LogP contribution in [-0.4, -0.2) is 23.3 Å². The first kappa shape index (κ1) is 14.8. The van der Waals surface area contributed by atoms with Crippen LogP contribution in [-0.2, 0) is 0 Å². The van der Waals surface area contributed by atoms with Crippen LogP contribution in [0.15, 0.2) is 0 Å². The van der Waals surface area contributed by atoms with Crippen LogP contribution in [0.1, 0.15) is 64.7 Å². The zero-order valence-electron chi connectivity index (χ0n) is 12.2. The number of nitrogens with zero attached hydrogens (tertiary/aromatic N) is 1. The zero-order valence-corrected chi connectivity index (χ0v) is 12.2. The van der Waals surface area contributed by atoms with Crippen molar-refractivity contribution in [2.24, 2.45) is 11.8 Å². The van der Waals surface area contributed by atoms with Crippen molar-refractivity contribution in [1.82, 2.24) is 5.32 Å². The van der Waals surface area contributed by atoms with E-state index in [1.165, 1.54) is 25.7 Å². The van der Waals surface area contributed by atoms with Crippen molar-refractivity contribution in [3.8, 4) is 6.07 Å². The molecule has 3 nitrogen and oxygen atoms in total. The van der Waals surface area contributed by atoms with Crippen molar-refractivity contribution in [2.75, 3.05) is 6.54 Å². The average Bonchev–Trinajstić information content (AvgIpc) is 2.61. The number of nitriles is 1. The molecule has 4 unspecified atom stereocenters. The van der Waals surface area contributed by atoms with Gasteiger partial charge in [0.1, 0.15) is 0 Å². The molecule has 4 atom stereocenters. The number of hydrogen-bond donors (Lipinski definition) is 2. The summed E-state index contributed by atoms with van der Waals surface area (Å²) in [4.78, 5) is 0. The van der Waals surface area contributed by atoms with E-state index >= 15 is 0 Å². The molecule has 0 radical (unpaired) electrons. The molecule has 0 aromatic heterocycles. The maximum atomic E-state index is 10.7. The summed E-state index contributed by atoms with van der Waals surface area (Å²) in [6.07, 6.45) is 9.93. The van der Waals surface area contributed by atoms with Crippen LogP contribution in [0, 0.1) is 23.2 Å². The largest absolute Gasteiger partial charge is 0.389 e. The summed E-state index contributed by atoms with van der Waals surface area (Å²) in [5, 5.41) is 23.5. The average molecular weight is 264 g/mol. The van der Waals surface area contributed by atoms with E-state index in [2.05, 4.69) is 18.3 Å². The Labute approximate surface area is 117 Å². The van der Waals surface area contributed by atoms with E-state index in [0.717, 1.165) is 32.1 Å². The minimum absolute atomic E-state index is 0.132. The van der Waals surface area contributed by atoms with E-state index in [4.69, 9.17) is 0 Å². The first-order chi connectivity index (χ1) is 9.13. The molecule has 0 spiro atoms. The van der Waals surface area contributed by atoms with Gasteiger partial charge in [-0.1, -0.05) is 39.0 Å². The van der Waals surface area contributed by atoms with Gasteiger partial charge in [0.05, 0.1) is 17.6 Å². The second-order valence-corrected chi connectivity index (χ2v) is 6.79. The van der Waals surface area contributed by atoms with Crippen LogP contribution in [0.5, 0.6) is 0 Å². The fourth-order valence-corrected chi connectivity index (χ4v) is 3.82. The van der Waals surface area contributed by atoms with Gasteiger partial charge in [-0.2, -0.15) is 5.26 Å². The lowest BCUT2D eigenvalue weighted by Crippen LogP contribution is -2.48. The molecule has 108 valence electrons. The molecule has 0 heterocycles. The maximum absolute atomic E-state index is 10.7. The highest BCUT2D eigenvalue weighted by Gasteiger charge is 2.34. The molecule has 0 aliphatic heterocycles. The van der Waals surface area contributed by atoms with Gasteiger partial charge in [0.25, 0.3) is 0 Å². The van der Waals surface area contributed by atoms with Gasteiger partial charge in [-0.15, -0.1) is 0 Å². The second-order valence-electron chi connectivity index (χ2n) is 6.79. The molecule has 19 heavy (non-hydrogen) atoms. The minimum Gasteiger partial charge on any atom is -0.389 e. The highest BCUT2D eigenvalue weighted by Crippen LogP contribution is 2.32. The van der Waals surface area contributed by atoms with Crippen molar-refractivity contribution in [3.63, 3.8) is 0 Å². The molecule has 3 heteroatoms. The maximum Gasteiger partial charge on any atom is 0.0774 e. The molecule has 2 fully saturated rings. The molecule has 0 saturated heterocycles. The minimum atomic E-state index is -0.538. The highest BCUT2D eigenvalue weighted by atomic mass is 16.3. The van der Waals surface area contributed by atoms with E-state index in [0.29, 0.717) is 12.5 Å². The number of aliphatic hydroxyl groups is 1. The van der Waals surface area contributed by atoms with E-state index in [-0.39, 0.29) is 12.0 Å². The van der Waals surface area contributed by atoms with Crippen LogP contribution in [0.2, 0.25) is 0 Å². The Morgan fingerprint density at radius 2 is 2.00 bits per heavy atom. The summed E-state index contributed by atoms with van der Waals surface area (Å²) in [6, 6.07) is 2.74. The smallest absolute Gasteiger partial charge is 0.0774 e. The Bertz CT molecular complexity index is 325. The van der Waals surface area contributed by atoms with Gasteiger partial charge in [0.2, 0.25) is 0 Å². The first-order valence-electron chi connectivity index (χ1n) is 7.98. The number of nitrogens with one attached hydrogen (secondary N) is 1. The third-order valence-electron chi connectivity index (χ3n) is 4.94. The molecule has 0 bridgehead atoms. The van der Waals surface area contributed by atoms with Crippen molar-refractivity contribution < 1.29 is 5.11 Å².